The summed E-state index contributed by atoms with van der Waals surface area (Å²) >= 11 is 1.16. The summed E-state index contributed by atoms with van der Waals surface area (Å²) in [5, 5.41) is 23.0. The molecule has 0 N–H and O–H groups in total. The van der Waals surface area contributed by atoms with Crippen LogP contribution in [-0.2, 0) is 0 Å². The number of tetrazole rings is 1. The molecule has 0 amide bonds. The van der Waals surface area contributed by atoms with Gasteiger partial charge in [0.1, 0.15) is 0 Å². The van der Waals surface area contributed by atoms with Crippen LogP contribution in [0.25, 0.3) is 5.69 Å². The van der Waals surface area contributed by atoms with Crippen LogP contribution in [0, 0.1) is 10.1 Å². The van der Waals surface area contributed by atoms with E-state index in [0.717, 1.165) is 17.4 Å². The van der Waals surface area contributed by atoms with Crippen molar-refractivity contribution in [1.29, 1.82) is 0 Å². The quantitative estimate of drug-likeness (QED) is 0.544. The second-order valence-corrected chi connectivity index (χ2v) is 5.04. The Kier molecular flexibility index (Phi) is 3.61. The third kappa shape index (κ3) is 2.75. The standard InChI is InChI=1S/C13H9N5O2S/c19-18(20)11-8-4-5-9-12(11)21-13-14-15-16-17(13)10-6-2-1-3-7-10/h1-9H. The Hall–Kier alpha value is -2.74. The van der Waals surface area contributed by atoms with Crippen LogP contribution in [0.5, 0.6) is 0 Å². The Balaban J connectivity index is 1.98. The van der Waals surface area contributed by atoms with Crippen molar-refractivity contribution in [2.24, 2.45) is 0 Å². The van der Waals surface area contributed by atoms with E-state index in [0.29, 0.717) is 10.1 Å². The van der Waals surface area contributed by atoms with Crippen LogP contribution in [0.4, 0.5) is 5.69 Å². The normalized spacial score (nSPS) is 10.5. The zero-order valence-electron chi connectivity index (χ0n) is 10.7. The topological polar surface area (TPSA) is 86.7 Å². The molecule has 0 saturated carbocycles. The first kappa shape index (κ1) is 13.3. The maximum atomic E-state index is 11.0. The number of hydrogen-bond donors (Lipinski definition) is 0. The van der Waals surface area contributed by atoms with Gasteiger partial charge >= 0.3 is 0 Å². The molecule has 0 atom stereocenters. The number of hydrogen-bond acceptors (Lipinski definition) is 6. The molecule has 0 bridgehead atoms. The van der Waals surface area contributed by atoms with Gasteiger partial charge in [-0.3, -0.25) is 10.1 Å². The maximum Gasteiger partial charge on any atom is 0.283 e. The van der Waals surface area contributed by atoms with Crippen LogP contribution in [-0.4, -0.2) is 25.1 Å². The predicted molar refractivity (Wildman–Crippen MR) is 76.4 cm³/mol. The lowest BCUT2D eigenvalue weighted by atomic mass is 10.3. The summed E-state index contributed by atoms with van der Waals surface area (Å²) in [6.45, 7) is 0. The van der Waals surface area contributed by atoms with Crippen LogP contribution < -0.4 is 0 Å². The highest BCUT2D eigenvalue weighted by atomic mass is 32.2. The van der Waals surface area contributed by atoms with E-state index in [1.165, 1.54) is 6.07 Å². The molecule has 1 heterocycles. The minimum absolute atomic E-state index is 0.0325. The van der Waals surface area contributed by atoms with E-state index in [-0.39, 0.29) is 5.69 Å². The molecule has 0 saturated heterocycles. The first-order valence-corrected chi connectivity index (χ1v) is 6.82. The molecule has 3 rings (SSSR count). The van der Waals surface area contributed by atoms with Gasteiger partial charge in [-0.05, 0) is 40.4 Å². The summed E-state index contributed by atoms with van der Waals surface area (Å²) in [5.41, 5.74) is 0.827. The molecule has 2 aromatic carbocycles. The molecule has 0 unspecified atom stereocenters. The lowest BCUT2D eigenvalue weighted by Crippen LogP contribution is -1.99. The van der Waals surface area contributed by atoms with Crippen molar-refractivity contribution in [3.8, 4) is 5.69 Å². The molecule has 0 aliphatic carbocycles. The van der Waals surface area contributed by atoms with Crippen molar-refractivity contribution >= 4 is 17.4 Å². The summed E-state index contributed by atoms with van der Waals surface area (Å²) in [7, 11) is 0. The fourth-order valence-corrected chi connectivity index (χ4v) is 2.66. The van der Waals surface area contributed by atoms with E-state index < -0.39 is 4.92 Å². The number of nitro groups is 1. The van der Waals surface area contributed by atoms with Crippen molar-refractivity contribution in [2.45, 2.75) is 10.1 Å². The van der Waals surface area contributed by atoms with E-state index >= 15 is 0 Å². The van der Waals surface area contributed by atoms with E-state index in [9.17, 15) is 10.1 Å². The molecule has 104 valence electrons. The molecule has 0 radical (unpaired) electrons. The maximum absolute atomic E-state index is 11.0. The highest BCUT2D eigenvalue weighted by Crippen LogP contribution is 2.33. The van der Waals surface area contributed by atoms with Gasteiger partial charge in [0.2, 0.25) is 5.16 Å². The summed E-state index contributed by atoms with van der Waals surface area (Å²) in [6.07, 6.45) is 0. The second-order valence-electron chi connectivity index (χ2n) is 4.04. The number of aromatic nitrogens is 4. The SMILES string of the molecule is O=[N+]([O-])c1ccccc1Sc1nnnn1-c1ccccc1. The molecule has 21 heavy (non-hydrogen) atoms. The summed E-state index contributed by atoms with van der Waals surface area (Å²) < 4.78 is 1.54. The average molecular weight is 299 g/mol. The first-order valence-electron chi connectivity index (χ1n) is 6.01. The van der Waals surface area contributed by atoms with Gasteiger partial charge in [0.05, 0.1) is 15.5 Å². The first-order chi connectivity index (χ1) is 10.3. The van der Waals surface area contributed by atoms with Crippen molar-refractivity contribution in [1.82, 2.24) is 20.2 Å². The van der Waals surface area contributed by atoms with E-state index in [4.69, 9.17) is 0 Å². The monoisotopic (exact) mass is 299 g/mol. The van der Waals surface area contributed by atoms with Crippen LogP contribution in [0.1, 0.15) is 0 Å². The Morgan fingerprint density at radius 3 is 2.52 bits per heavy atom. The fourth-order valence-electron chi connectivity index (χ4n) is 1.77. The fraction of sp³-hybridized carbons (Fsp3) is 0. The number of nitrogens with zero attached hydrogens (tertiary/aromatic N) is 5. The van der Waals surface area contributed by atoms with Gasteiger partial charge in [-0.15, -0.1) is 5.10 Å². The molecular formula is C13H9N5O2S. The lowest BCUT2D eigenvalue weighted by molar-refractivity contribution is -0.387. The van der Waals surface area contributed by atoms with Crippen LogP contribution in [0.2, 0.25) is 0 Å². The molecule has 0 spiro atoms. The van der Waals surface area contributed by atoms with Crippen molar-refractivity contribution in [3.63, 3.8) is 0 Å². The molecule has 1 aromatic heterocycles. The average Bonchev–Trinajstić information content (AvgIpc) is 2.96. The third-order valence-electron chi connectivity index (χ3n) is 2.70. The molecule has 8 heteroatoms. The Morgan fingerprint density at radius 2 is 1.76 bits per heavy atom. The molecule has 3 aromatic rings. The van der Waals surface area contributed by atoms with Gasteiger partial charge in [-0.1, -0.05) is 30.3 Å². The summed E-state index contributed by atoms with van der Waals surface area (Å²) in [5.74, 6) is 0. The van der Waals surface area contributed by atoms with Crippen LogP contribution in [0.3, 0.4) is 0 Å². The zero-order chi connectivity index (χ0) is 14.7. The van der Waals surface area contributed by atoms with Gasteiger partial charge in [0.25, 0.3) is 5.69 Å². The number of benzene rings is 2. The molecule has 0 fully saturated rings. The van der Waals surface area contributed by atoms with Gasteiger partial charge < -0.3 is 0 Å². The van der Waals surface area contributed by atoms with Crippen molar-refractivity contribution in [2.75, 3.05) is 0 Å². The Bertz CT molecular complexity index is 775. The number of para-hydroxylation sites is 2. The van der Waals surface area contributed by atoms with Gasteiger partial charge in [-0.25, -0.2) is 0 Å². The van der Waals surface area contributed by atoms with Crippen molar-refractivity contribution in [3.05, 3.63) is 64.7 Å². The van der Waals surface area contributed by atoms with Gasteiger partial charge in [-0.2, -0.15) is 4.68 Å². The minimum Gasteiger partial charge on any atom is -0.258 e. The second kappa shape index (κ2) is 5.71. The van der Waals surface area contributed by atoms with E-state index in [1.54, 1.807) is 22.9 Å². The Labute approximate surface area is 123 Å². The molecule has 7 nitrogen and oxygen atoms in total. The zero-order valence-corrected chi connectivity index (χ0v) is 11.5. The number of nitro benzene ring substituents is 1. The highest BCUT2D eigenvalue weighted by Gasteiger charge is 2.17. The van der Waals surface area contributed by atoms with Gasteiger partial charge in [0, 0.05) is 6.07 Å². The largest absolute Gasteiger partial charge is 0.283 e. The molecule has 0 aliphatic heterocycles. The Morgan fingerprint density at radius 1 is 1.05 bits per heavy atom. The molecular weight excluding hydrogens is 290 g/mol. The van der Waals surface area contributed by atoms with Crippen LogP contribution in [0.15, 0.2) is 64.6 Å². The van der Waals surface area contributed by atoms with Crippen molar-refractivity contribution < 1.29 is 4.92 Å². The molecule has 0 aliphatic rings. The summed E-state index contributed by atoms with van der Waals surface area (Å²) in [4.78, 5) is 11.1. The van der Waals surface area contributed by atoms with E-state index in [1.807, 2.05) is 30.3 Å². The predicted octanol–water partition coefficient (Wildman–Crippen LogP) is 2.72. The van der Waals surface area contributed by atoms with Gasteiger partial charge in [0.15, 0.2) is 0 Å². The smallest absolute Gasteiger partial charge is 0.258 e. The lowest BCUT2D eigenvalue weighted by Gasteiger charge is -2.04. The highest BCUT2D eigenvalue weighted by molar-refractivity contribution is 7.99. The van der Waals surface area contributed by atoms with E-state index in [2.05, 4.69) is 15.5 Å². The minimum atomic E-state index is -0.418. The summed E-state index contributed by atoms with van der Waals surface area (Å²) in [6, 6.07) is 15.9. The van der Waals surface area contributed by atoms with Crippen LogP contribution >= 0.6 is 11.8 Å². The third-order valence-corrected chi connectivity index (χ3v) is 3.71. The number of rotatable bonds is 4.